The monoisotopic (exact) mass is 633 g/mol. The molecular formula is C28H43N5O6SSi2. The number of anilines is 2. The minimum atomic E-state index is -0.603. The second kappa shape index (κ2) is 15.4. The second-order valence-electron chi connectivity index (χ2n) is 10.6. The molecule has 230 valence electrons. The van der Waals surface area contributed by atoms with Gasteiger partial charge in [0.2, 0.25) is 17.7 Å². The maximum atomic E-state index is 13.1. The van der Waals surface area contributed by atoms with Gasteiger partial charge >= 0.3 is 0 Å². The third-order valence-corrected chi connectivity index (χ3v) is 8.58. The first-order valence-electron chi connectivity index (χ1n) is 14.0. The van der Waals surface area contributed by atoms with Crippen molar-refractivity contribution in [1.29, 1.82) is 0 Å². The van der Waals surface area contributed by atoms with Crippen LogP contribution in [0, 0.1) is 12.3 Å². The SMILES string of the molecule is COc1nc(NCCC(C)(C)C(O[SiH2]C)O[SiH2]C)nc(OC)c1NC(=O)c1csc(Oc2cc(C(C)C)ccc2C)n1. The van der Waals surface area contributed by atoms with Gasteiger partial charge in [-0.2, -0.15) is 15.0 Å². The van der Waals surface area contributed by atoms with E-state index in [0.29, 0.717) is 29.4 Å². The van der Waals surface area contributed by atoms with Gasteiger partial charge in [-0.3, -0.25) is 4.79 Å². The van der Waals surface area contributed by atoms with Gasteiger partial charge < -0.3 is 33.7 Å². The van der Waals surface area contributed by atoms with Gasteiger partial charge in [-0.25, -0.2) is 0 Å². The average Bonchev–Trinajstić information content (AvgIpc) is 3.43. The largest absolute Gasteiger partial charge is 0.479 e. The number of amides is 1. The summed E-state index contributed by atoms with van der Waals surface area (Å²) >= 11 is 1.24. The third kappa shape index (κ3) is 8.73. The van der Waals surface area contributed by atoms with Gasteiger partial charge in [0.05, 0.1) is 14.2 Å². The molecule has 1 amide bonds. The van der Waals surface area contributed by atoms with Gasteiger partial charge in [-0.05, 0) is 36.5 Å². The lowest BCUT2D eigenvalue weighted by Gasteiger charge is -2.34. The number of aromatic nitrogens is 3. The molecule has 3 aromatic rings. The molecule has 2 heterocycles. The average molecular weight is 634 g/mol. The highest BCUT2D eigenvalue weighted by molar-refractivity contribution is 7.11. The van der Waals surface area contributed by atoms with Crippen LogP contribution in [0.4, 0.5) is 11.6 Å². The van der Waals surface area contributed by atoms with E-state index in [1.54, 1.807) is 5.38 Å². The van der Waals surface area contributed by atoms with Crippen LogP contribution < -0.4 is 24.8 Å². The van der Waals surface area contributed by atoms with Crippen LogP contribution in [0.25, 0.3) is 0 Å². The molecule has 0 aliphatic rings. The fourth-order valence-electron chi connectivity index (χ4n) is 4.08. The van der Waals surface area contributed by atoms with Crippen molar-refractivity contribution in [2.45, 2.75) is 66.3 Å². The van der Waals surface area contributed by atoms with E-state index in [1.165, 1.54) is 25.6 Å². The number of hydrogen-bond donors (Lipinski definition) is 2. The molecule has 2 aromatic heterocycles. The topological polar surface area (TPSA) is 126 Å². The maximum absolute atomic E-state index is 13.1. The number of ether oxygens (including phenoxy) is 3. The summed E-state index contributed by atoms with van der Waals surface area (Å²) < 4.78 is 28.9. The third-order valence-electron chi connectivity index (χ3n) is 6.59. The fourth-order valence-corrected chi connectivity index (χ4v) is 6.64. The van der Waals surface area contributed by atoms with Crippen LogP contribution >= 0.6 is 11.3 Å². The van der Waals surface area contributed by atoms with E-state index in [0.717, 1.165) is 17.5 Å². The predicted molar refractivity (Wildman–Crippen MR) is 172 cm³/mol. The molecule has 3 rings (SSSR count). The Labute approximate surface area is 257 Å². The molecule has 0 saturated carbocycles. The van der Waals surface area contributed by atoms with Gasteiger partial charge in [0.25, 0.3) is 11.1 Å². The second-order valence-corrected chi connectivity index (χ2v) is 13.2. The molecular weight excluding hydrogens is 591 g/mol. The lowest BCUT2D eigenvalue weighted by Crippen LogP contribution is -2.37. The van der Waals surface area contributed by atoms with Crippen molar-refractivity contribution in [3.8, 4) is 22.7 Å². The number of aryl methyl sites for hydroxylation is 1. The summed E-state index contributed by atoms with van der Waals surface area (Å²) in [7, 11) is 1.73. The highest BCUT2D eigenvalue weighted by Gasteiger charge is 2.30. The van der Waals surface area contributed by atoms with Gasteiger partial charge in [-0.15, -0.1) is 0 Å². The van der Waals surface area contributed by atoms with Crippen molar-refractivity contribution in [3.63, 3.8) is 0 Å². The zero-order valence-electron chi connectivity index (χ0n) is 26.0. The van der Waals surface area contributed by atoms with Crippen molar-refractivity contribution in [2.24, 2.45) is 5.41 Å². The van der Waals surface area contributed by atoms with Gasteiger partial charge in [-0.1, -0.05) is 64.3 Å². The number of carbonyl (C=O) groups is 1. The van der Waals surface area contributed by atoms with E-state index < -0.39 is 25.4 Å². The smallest absolute Gasteiger partial charge is 0.279 e. The van der Waals surface area contributed by atoms with E-state index in [2.05, 4.69) is 72.4 Å². The Morgan fingerprint density at radius 2 is 1.69 bits per heavy atom. The molecule has 0 bridgehead atoms. The predicted octanol–water partition coefficient (Wildman–Crippen LogP) is 4.88. The van der Waals surface area contributed by atoms with Crippen molar-refractivity contribution < 1.29 is 27.9 Å². The Morgan fingerprint density at radius 1 is 1.05 bits per heavy atom. The molecule has 14 heteroatoms. The first-order chi connectivity index (χ1) is 20.0. The van der Waals surface area contributed by atoms with Crippen molar-refractivity contribution in [1.82, 2.24) is 15.0 Å². The minimum Gasteiger partial charge on any atom is -0.479 e. The highest BCUT2D eigenvalue weighted by Crippen LogP contribution is 2.35. The quantitative estimate of drug-likeness (QED) is 0.167. The number of rotatable bonds is 16. The standard InChI is InChI=1S/C28H43N5O6SSi2/c1-16(2)18-11-10-17(3)20(14-18)37-27-30-19(15-40-27)22(34)31-21-23(35-6)32-26(33-24(21)36-7)29-13-12-28(4,5)25(38-41-8)39-42-9/h10-11,14-16,25H,12-13,41-42H2,1-9H3,(H,31,34)(H,29,32,33). The molecule has 0 fully saturated rings. The molecule has 11 nitrogen and oxygen atoms in total. The van der Waals surface area contributed by atoms with Crippen LogP contribution in [0.1, 0.15) is 61.6 Å². The lowest BCUT2D eigenvalue weighted by atomic mass is 9.89. The molecule has 0 radical (unpaired) electrons. The number of thiazole rings is 1. The molecule has 0 atom stereocenters. The minimum absolute atomic E-state index is 0.156. The molecule has 1 aromatic carbocycles. The Kier molecular flexibility index (Phi) is 12.3. The van der Waals surface area contributed by atoms with Crippen LogP contribution in [-0.4, -0.2) is 67.4 Å². The molecule has 0 saturated heterocycles. The first kappa shape index (κ1) is 33.5. The van der Waals surface area contributed by atoms with E-state index in [4.69, 9.17) is 23.1 Å². The normalized spacial score (nSPS) is 12.8. The molecule has 0 unspecified atom stereocenters. The van der Waals surface area contributed by atoms with Crippen molar-refractivity contribution in [2.75, 3.05) is 31.4 Å². The summed E-state index contributed by atoms with van der Waals surface area (Å²) in [6, 6.07) is 6.11. The fraction of sp³-hybridized carbons (Fsp3) is 0.500. The van der Waals surface area contributed by atoms with Gasteiger partial charge in [0.1, 0.15) is 17.7 Å². The Balaban J connectivity index is 1.71. The van der Waals surface area contributed by atoms with Crippen molar-refractivity contribution in [3.05, 3.63) is 40.4 Å². The summed E-state index contributed by atoms with van der Waals surface area (Å²) in [4.78, 5) is 26.4. The number of benzene rings is 1. The molecule has 42 heavy (non-hydrogen) atoms. The van der Waals surface area contributed by atoms with Gasteiger partial charge in [0.15, 0.2) is 25.2 Å². The van der Waals surface area contributed by atoms with Crippen LogP contribution in [0.15, 0.2) is 23.6 Å². The number of methoxy groups -OCH3 is 2. The lowest BCUT2D eigenvalue weighted by molar-refractivity contribution is -0.0805. The number of hydrogen-bond acceptors (Lipinski definition) is 11. The Hall–Kier alpha value is -3.05. The maximum Gasteiger partial charge on any atom is 0.279 e. The summed E-state index contributed by atoms with van der Waals surface area (Å²) in [6.07, 6.45) is 0.559. The summed E-state index contributed by atoms with van der Waals surface area (Å²) in [5.74, 6) is 1.23. The zero-order chi connectivity index (χ0) is 30.9. The van der Waals surface area contributed by atoms with Gasteiger partial charge in [0, 0.05) is 17.3 Å². The van der Waals surface area contributed by atoms with E-state index in [1.807, 2.05) is 19.1 Å². The Bertz CT molecular complexity index is 1310. The highest BCUT2D eigenvalue weighted by atomic mass is 32.1. The summed E-state index contributed by atoms with van der Waals surface area (Å²) in [5, 5.41) is 8.01. The summed E-state index contributed by atoms with van der Waals surface area (Å²) in [5.41, 5.74) is 2.35. The van der Waals surface area contributed by atoms with E-state index in [-0.39, 0.29) is 34.8 Å². The van der Waals surface area contributed by atoms with Crippen molar-refractivity contribution >= 4 is 48.4 Å². The zero-order valence-corrected chi connectivity index (χ0v) is 29.6. The number of carbonyl (C=O) groups excluding carboxylic acids is 1. The van der Waals surface area contributed by atoms with Crippen LogP contribution in [0.5, 0.6) is 22.7 Å². The van der Waals surface area contributed by atoms with E-state index >= 15 is 0 Å². The van der Waals surface area contributed by atoms with Crippen LogP contribution in [0.3, 0.4) is 0 Å². The molecule has 0 aliphatic heterocycles. The summed E-state index contributed by atoms with van der Waals surface area (Å²) in [6.45, 7) is 15.3. The number of nitrogens with zero attached hydrogens (tertiary/aromatic N) is 3. The molecule has 0 aliphatic carbocycles. The van der Waals surface area contributed by atoms with Crippen LogP contribution in [0.2, 0.25) is 13.1 Å². The van der Waals surface area contributed by atoms with Crippen LogP contribution in [-0.2, 0) is 8.85 Å². The number of nitrogens with one attached hydrogen (secondary N) is 2. The molecule has 0 spiro atoms. The molecule has 2 N–H and O–H groups in total. The Morgan fingerprint density at radius 3 is 2.26 bits per heavy atom. The van der Waals surface area contributed by atoms with E-state index in [9.17, 15) is 4.79 Å². The first-order valence-corrected chi connectivity index (χ1v) is 18.9.